The largest absolute Gasteiger partial charge is 0.433 e. The van der Waals surface area contributed by atoms with Gasteiger partial charge in [-0.2, -0.15) is 13.2 Å². The third kappa shape index (κ3) is 4.51. The lowest BCUT2D eigenvalue weighted by atomic mass is 10.0. The van der Waals surface area contributed by atoms with E-state index in [1.54, 1.807) is 30.5 Å². The molecule has 8 nitrogen and oxygen atoms in total. The monoisotopic (exact) mass is 446 g/mol. The van der Waals surface area contributed by atoms with Gasteiger partial charge in [-0.15, -0.1) is 0 Å². The standard InChI is InChI=1S/C21H21F3N6O2/c1-12(2)17-18(31)25-8-9-30(17)20-27-11-15(32-20)13-4-3-5-14(10-13)28-19-26-7-6-16(29-19)21(22,23)24/h3-7,10-12,17H,8-9H2,1-2H3,(H,25,31)(H,26,28,29). The number of rotatable bonds is 5. The number of piperazine rings is 1. The second-order valence-corrected chi connectivity index (χ2v) is 7.65. The first-order chi connectivity index (χ1) is 15.2. The van der Waals surface area contributed by atoms with E-state index < -0.39 is 11.9 Å². The molecule has 1 aliphatic rings. The Bertz CT molecular complexity index is 1110. The zero-order valence-corrected chi connectivity index (χ0v) is 17.3. The van der Waals surface area contributed by atoms with E-state index in [1.807, 2.05) is 18.7 Å². The van der Waals surface area contributed by atoms with Crippen LogP contribution in [0.3, 0.4) is 0 Å². The number of carbonyl (C=O) groups excluding carboxylic acids is 1. The van der Waals surface area contributed by atoms with E-state index in [0.717, 1.165) is 12.3 Å². The molecule has 3 heterocycles. The molecule has 2 N–H and O–H groups in total. The van der Waals surface area contributed by atoms with Crippen molar-refractivity contribution in [1.82, 2.24) is 20.3 Å². The molecule has 1 atom stereocenters. The molecule has 0 aliphatic carbocycles. The van der Waals surface area contributed by atoms with Crippen LogP contribution < -0.4 is 15.5 Å². The Balaban J connectivity index is 1.56. The van der Waals surface area contributed by atoms with Gasteiger partial charge in [0.15, 0.2) is 5.76 Å². The zero-order chi connectivity index (χ0) is 22.9. The number of amides is 1. The van der Waals surface area contributed by atoms with Crippen LogP contribution in [0, 0.1) is 5.92 Å². The fourth-order valence-corrected chi connectivity index (χ4v) is 3.55. The lowest BCUT2D eigenvalue weighted by Gasteiger charge is -2.36. The SMILES string of the molecule is CC(C)C1C(=O)NCCN1c1ncc(-c2cccc(Nc3nccc(C(F)(F)F)n3)c2)o1. The highest BCUT2D eigenvalue weighted by Gasteiger charge is 2.35. The summed E-state index contributed by atoms with van der Waals surface area (Å²) in [5, 5.41) is 5.63. The molecule has 1 fully saturated rings. The Morgan fingerprint density at radius 3 is 2.81 bits per heavy atom. The van der Waals surface area contributed by atoms with Gasteiger partial charge in [0.25, 0.3) is 6.01 Å². The number of hydrogen-bond acceptors (Lipinski definition) is 7. The average Bonchev–Trinajstić information content (AvgIpc) is 3.23. The summed E-state index contributed by atoms with van der Waals surface area (Å²) in [5.41, 5.74) is 0.108. The van der Waals surface area contributed by atoms with E-state index in [0.29, 0.717) is 36.1 Å². The minimum Gasteiger partial charge on any atom is -0.423 e. The van der Waals surface area contributed by atoms with Gasteiger partial charge in [-0.3, -0.25) is 4.79 Å². The van der Waals surface area contributed by atoms with Crippen LogP contribution in [0.15, 0.2) is 47.1 Å². The summed E-state index contributed by atoms with van der Waals surface area (Å²) in [6.07, 6.45) is -1.96. The van der Waals surface area contributed by atoms with Crippen molar-refractivity contribution >= 4 is 23.6 Å². The van der Waals surface area contributed by atoms with Crippen LogP contribution in [0.4, 0.5) is 30.8 Å². The van der Waals surface area contributed by atoms with Crippen molar-refractivity contribution in [2.45, 2.75) is 26.1 Å². The molecule has 4 rings (SSSR count). The maximum atomic E-state index is 12.9. The summed E-state index contributed by atoms with van der Waals surface area (Å²) < 4.78 is 44.6. The Hall–Kier alpha value is -3.63. The highest BCUT2D eigenvalue weighted by atomic mass is 19.4. The van der Waals surface area contributed by atoms with Crippen molar-refractivity contribution in [2.75, 3.05) is 23.3 Å². The van der Waals surface area contributed by atoms with Crippen LogP contribution in [0.25, 0.3) is 11.3 Å². The first-order valence-electron chi connectivity index (χ1n) is 10.0. The van der Waals surface area contributed by atoms with Crippen LogP contribution in [0.1, 0.15) is 19.5 Å². The summed E-state index contributed by atoms with van der Waals surface area (Å²) in [4.78, 5) is 25.8. The highest BCUT2D eigenvalue weighted by Crippen LogP contribution is 2.31. The number of carbonyl (C=O) groups is 1. The number of benzene rings is 1. The normalized spacial score (nSPS) is 16.9. The fourth-order valence-electron chi connectivity index (χ4n) is 3.55. The van der Waals surface area contributed by atoms with E-state index in [2.05, 4.69) is 25.6 Å². The Labute approximate surface area is 181 Å². The van der Waals surface area contributed by atoms with Gasteiger partial charge in [-0.25, -0.2) is 15.0 Å². The molecule has 0 radical (unpaired) electrons. The van der Waals surface area contributed by atoms with Crippen molar-refractivity contribution in [3.05, 3.63) is 48.4 Å². The van der Waals surface area contributed by atoms with Crippen molar-refractivity contribution in [2.24, 2.45) is 5.92 Å². The molecule has 1 saturated heterocycles. The van der Waals surface area contributed by atoms with Gasteiger partial charge >= 0.3 is 6.18 Å². The molecule has 0 bridgehead atoms. The van der Waals surface area contributed by atoms with Crippen molar-refractivity contribution < 1.29 is 22.4 Å². The minimum atomic E-state index is -4.56. The summed E-state index contributed by atoms with van der Waals surface area (Å²) in [6, 6.07) is 7.63. The molecule has 1 aromatic carbocycles. The maximum Gasteiger partial charge on any atom is 0.433 e. The summed E-state index contributed by atoms with van der Waals surface area (Å²) in [6.45, 7) is 4.98. The minimum absolute atomic E-state index is 0.0608. The number of aromatic nitrogens is 3. The summed E-state index contributed by atoms with van der Waals surface area (Å²) >= 11 is 0. The second kappa shape index (κ2) is 8.48. The molecule has 0 saturated carbocycles. The van der Waals surface area contributed by atoms with E-state index >= 15 is 0 Å². The molecular weight excluding hydrogens is 425 g/mol. The van der Waals surface area contributed by atoms with Crippen molar-refractivity contribution in [3.8, 4) is 11.3 Å². The van der Waals surface area contributed by atoms with Gasteiger partial charge in [0.2, 0.25) is 11.9 Å². The molecular formula is C21H21F3N6O2. The van der Waals surface area contributed by atoms with Crippen LogP contribution in [-0.4, -0.2) is 40.0 Å². The van der Waals surface area contributed by atoms with E-state index in [1.165, 1.54) is 0 Å². The van der Waals surface area contributed by atoms with E-state index in [9.17, 15) is 18.0 Å². The molecule has 2 aromatic heterocycles. The Morgan fingerprint density at radius 1 is 1.25 bits per heavy atom. The van der Waals surface area contributed by atoms with Crippen LogP contribution in [0.2, 0.25) is 0 Å². The average molecular weight is 446 g/mol. The molecule has 1 aliphatic heterocycles. The molecule has 1 amide bonds. The number of halogens is 3. The van der Waals surface area contributed by atoms with Crippen molar-refractivity contribution in [1.29, 1.82) is 0 Å². The van der Waals surface area contributed by atoms with Gasteiger partial charge < -0.3 is 20.0 Å². The van der Waals surface area contributed by atoms with Crippen LogP contribution in [0.5, 0.6) is 0 Å². The Morgan fingerprint density at radius 2 is 2.06 bits per heavy atom. The third-order valence-corrected chi connectivity index (χ3v) is 4.98. The van der Waals surface area contributed by atoms with Crippen LogP contribution in [-0.2, 0) is 11.0 Å². The maximum absolute atomic E-state index is 12.9. The van der Waals surface area contributed by atoms with Crippen molar-refractivity contribution in [3.63, 3.8) is 0 Å². The first kappa shape index (κ1) is 21.6. The third-order valence-electron chi connectivity index (χ3n) is 4.98. The summed E-state index contributed by atoms with van der Waals surface area (Å²) in [5.74, 6) is 0.278. The number of anilines is 3. The quantitative estimate of drug-likeness (QED) is 0.615. The van der Waals surface area contributed by atoms with Gasteiger partial charge in [-0.1, -0.05) is 26.0 Å². The summed E-state index contributed by atoms with van der Waals surface area (Å²) in [7, 11) is 0. The topological polar surface area (TPSA) is 96.2 Å². The fraction of sp³-hybridized carbons (Fsp3) is 0.333. The van der Waals surface area contributed by atoms with Gasteiger partial charge in [-0.05, 0) is 24.1 Å². The number of oxazole rings is 1. The highest BCUT2D eigenvalue weighted by molar-refractivity contribution is 5.86. The van der Waals surface area contributed by atoms with Gasteiger partial charge in [0.05, 0.1) is 6.20 Å². The molecule has 168 valence electrons. The van der Waals surface area contributed by atoms with Crippen LogP contribution >= 0.6 is 0 Å². The number of hydrogen-bond donors (Lipinski definition) is 2. The number of nitrogens with one attached hydrogen (secondary N) is 2. The molecule has 0 spiro atoms. The zero-order valence-electron chi connectivity index (χ0n) is 17.3. The molecule has 1 unspecified atom stereocenters. The predicted molar refractivity (Wildman–Crippen MR) is 111 cm³/mol. The smallest absolute Gasteiger partial charge is 0.423 e. The Kier molecular flexibility index (Phi) is 5.72. The number of alkyl halides is 3. The van der Waals surface area contributed by atoms with Gasteiger partial charge in [0.1, 0.15) is 11.7 Å². The first-order valence-corrected chi connectivity index (χ1v) is 10.0. The molecule has 32 heavy (non-hydrogen) atoms. The van der Waals surface area contributed by atoms with E-state index in [4.69, 9.17) is 4.42 Å². The predicted octanol–water partition coefficient (Wildman–Crippen LogP) is 3.85. The molecule has 3 aromatic rings. The van der Waals surface area contributed by atoms with E-state index in [-0.39, 0.29) is 23.8 Å². The molecule has 11 heteroatoms. The number of nitrogens with zero attached hydrogens (tertiary/aromatic N) is 4. The second-order valence-electron chi connectivity index (χ2n) is 7.65. The lowest BCUT2D eigenvalue weighted by molar-refractivity contribution is -0.141. The van der Waals surface area contributed by atoms with Gasteiger partial charge in [0, 0.05) is 30.5 Å². The lowest BCUT2D eigenvalue weighted by Crippen LogP contribution is -2.57.